The van der Waals surface area contributed by atoms with E-state index in [2.05, 4.69) is 10.1 Å². The highest BCUT2D eigenvalue weighted by Gasteiger charge is 2.20. The summed E-state index contributed by atoms with van der Waals surface area (Å²) in [5.41, 5.74) is 0.816. The van der Waals surface area contributed by atoms with Gasteiger partial charge < -0.3 is 4.52 Å². The number of benzene rings is 1. The quantitative estimate of drug-likeness (QED) is 0.758. The minimum Gasteiger partial charge on any atom is -0.338 e. The van der Waals surface area contributed by atoms with E-state index < -0.39 is 9.84 Å². The fourth-order valence-corrected chi connectivity index (χ4v) is 3.54. The third-order valence-corrected chi connectivity index (χ3v) is 4.82. The van der Waals surface area contributed by atoms with E-state index in [1.165, 1.54) is 6.26 Å². The zero-order valence-electron chi connectivity index (χ0n) is 13.4. The first-order valence-electron chi connectivity index (χ1n) is 7.29. The van der Waals surface area contributed by atoms with E-state index in [1.54, 1.807) is 12.1 Å². The van der Waals surface area contributed by atoms with Gasteiger partial charge in [-0.25, -0.2) is 8.42 Å². The zero-order chi connectivity index (χ0) is 17.0. The first-order chi connectivity index (χ1) is 10.8. The molecule has 2 rings (SSSR count). The van der Waals surface area contributed by atoms with Gasteiger partial charge in [0.25, 0.3) is 0 Å². The van der Waals surface area contributed by atoms with Gasteiger partial charge in [0.2, 0.25) is 11.7 Å². The summed E-state index contributed by atoms with van der Waals surface area (Å²) in [5, 5.41) is 4.61. The van der Waals surface area contributed by atoms with Gasteiger partial charge in [-0.2, -0.15) is 4.98 Å². The van der Waals surface area contributed by atoms with Crippen LogP contribution in [0.1, 0.15) is 19.7 Å². The molecule has 1 unspecified atom stereocenters. The average molecular weight is 358 g/mol. The highest BCUT2D eigenvalue weighted by Crippen LogP contribution is 2.19. The van der Waals surface area contributed by atoms with Crippen molar-refractivity contribution >= 4 is 21.4 Å². The monoisotopic (exact) mass is 357 g/mol. The summed E-state index contributed by atoms with van der Waals surface area (Å²) in [4.78, 5) is 6.35. The molecule has 0 N–H and O–H groups in total. The van der Waals surface area contributed by atoms with Crippen molar-refractivity contribution in [2.75, 3.05) is 18.6 Å². The lowest BCUT2D eigenvalue weighted by Crippen LogP contribution is -2.37. The summed E-state index contributed by atoms with van der Waals surface area (Å²) in [5.74, 6) is 1.04. The molecule has 8 heteroatoms. The molecule has 1 aromatic heterocycles. The number of sulfone groups is 1. The van der Waals surface area contributed by atoms with Crippen LogP contribution < -0.4 is 0 Å². The van der Waals surface area contributed by atoms with Crippen molar-refractivity contribution in [1.29, 1.82) is 0 Å². The number of hydrogen-bond donors (Lipinski definition) is 0. The Hall–Kier alpha value is -1.44. The molecule has 6 nitrogen and oxygen atoms in total. The van der Waals surface area contributed by atoms with Crippen molar-refractivity contribution in [1.82, 2.24) is 15.0 Å². The van der Waals surface area contributed by atoms with E-state index in [0.717, 1.165) is 5.56 Å². The van der Waals surface area contributed by atoms with Gasteiger partial charge in [0, 0.05) is 22.9 Å². The lowest BCUT2D eigenvalue weighted by atomic mass is 10.2. The summed E-state index contributed by atoms with van der Waals surface area (Å²) in [6.07, 6.45) is 1.24. The molecule has 1 aromatic carbocycles. The molecular weight excluding hydrogens is 338 g/mol. The number of aromatic nitrogens is 2. The second-order valence-electron chi connectivity index (χ2n) is 5.52. The average Bonchev–Trinajstić information content (AvgIpc) is 2.92. The Morgan fingerprint density at radius 2 is 1.96 bits per heavy atom. The van der Waals surface area contributed by atoms with Crippen LogP contribution in [-0.2, 0) is 16.4 Å². The zero-order valence-corrected chi connectivity index (χ0v) is 14.9. The van der Waals surface area contributed by atoms with Crippen LogP contribution in [0.5, 0.6) is 0 Å². The van der Waals surface area contributed by atoms with Crippen LogP contribution in [0, 0.1) is 0 Å². The van der Waals surface area contributed by atoms with Crippen molar-refractivity contribution in [2.45, 2.75) is 26.4 Å². The van der Waals surface area contributed by atoms with Crippen LogP contribution >= 0.6 is 11.6 Å². The molecule has 0 aliphatic carbocycles. The Balaban J connectivity index is 2.09. The molecule has 0 aliphatic heterocycles. The molecule has 0 amide bonds. The van der Waals surface area contributed by atoms with Gasteiger partial charge >= 0.3 is 0 Å². The summed E-state index contributed by atoms with van der Waals surface area (Å²) in [6, 6.07) is 7.04. The van der Waals surface area contributed by atoms with Crippen LogP contribution in [0.3, 0.4) is 0 Å². The van der Waals surface area contributed by atoms with Crippen molar-refractivity contribution in [2.24, 2.45) is 0 Å². The topological polar surface area (TPSA) is 76.3 Å². The van der Waals surface area contributed by atoms with E-state index in [9.17, 15) is 8.42 Å². The van der Waals surface area contributed by atoms with Gasteiger partial charge in [-0.3, -0.25) is 4.90 Å². The maximum atomic E-state index is 11.4. The van der Waals surface area contributed by atoms with Crippen molar-refractivity contribution < 1.29 is 12.9 Å². The Labute approximate surface area is 141 Å². The highest BCUT2D eigenvalue weighted by atomic mass is 35.5. The number of rotatable bonds is 7. The lowest BCUT2D eigenvalue weighted by Gasteiger charge is -2.25. The molecule has 23 heavy (non-hydrogen) atoms. The SMILES string of the molecule is CCN(Cc1nc(-c2ccc(Cl)cc2)no1)C(C)CS(C)(=O)=O. The molecule has 0 saturated carbocycles. The summed E-state index contributed by atoms with van der Waals surface area (Å²) < 4.78 is 28.2. The van der Waals surface area contributed by atoms with Crippen LogP contribution in [0.4, 0.5) is 0 Å². The second-order valence-corrected chi connectivity index (χ2v) is 8.14. The van der Waals surface area contributed by atoms with Crippen LogP contribution in [0.15, 0.2) is 28.8 Å². The van der Waals surface area contributed by atoms with Gasteiger partial charge in [-0.15, -0.1) is 0 Å². The molecule has 1 heterocycles. The normalized spacial score (nSPS) is 13.4. The van der Waals surface area contributed by atoms with Crippen LogP contribution in [0.2, 0.25) is 5.02 Å². The molecular formula is C15H20ClN3O3S. The van der Waals surface area contributed by atoms with Crippen molar-refractivity contribution in [3.63, 3.8) is 0 Å². The highest BCUT2D eigenvalue weighted by molar-refractivity contribution is 7.90. The Bertz CT molecular complexity index is 744. The van der Waals surface area contributed by atoms with Crippen LogP contribution in [-0.4, -0.2) is 48.1 Å². The van der Waals surface area contributed by atoms with Crippen molar-refractivity contribution in [3.8, 4) is 11.4 Å². The molecule has 0 spiro atoms. The van der Waals surface area contributed by atoms with Gasteiger partial charge in [0.1, 0.15) is 9.84 Å². The number of hydrogen-bond acceptors (Lipinski definition) is 6. The van der Waals surface area contributed by atoms with Gasteiger partial charge in [0.05, 0.1) is 12.3 Å². The summed E-state index contributed by atoms with van der Waals surface area (Å²) in [6.45, 7) is 4.94. The molecule has 2 aromatic rings. The molecule has 1 atom stereocenters. The summed E-state index contributed by atoms with van der Waals surface area (Å²) in [7, 11) is -3.03. The minimum atomic E-state index is -3.03. The van der Waals surface area contributed by atoms with Gasteiger partial charge in [-0.1, -0.05) is 23.7 Å². The fraction of sp³-hybridized carbons (Fsp3) is 0.467. The molecule has 0 saturated heterocycles. The third-order valence-electron chi connectivity index (χ3n) is 3.48. The second kappa shape index (κ2) is 7.42. The van der Waals surface area contributed by atoms with Gasteiger partial charge in [-0.05, 0) is 37.7 Å². The van der Waals surface area contributed by atoms with E-state index in [0.29, 0.717) is 29.8 Å². The maximum absolute atomic E-state index is 11.4. The largest absolute Gasteiger partial charge is 0.338 e. The minimum absolute atomic E-state index is 0.0962. The Morgan fingerprint density at radius 3 is 2.52 bits per heavy atom. The maximum Gasteiger partial charge on any atom is 0.241 e. The fourth-order valence-electron chi connectivity index (χ4n) is 2.33. The molecule has 0 bridgehead atoms. The van der Waals surface area contributed by atoms with Gasteiger partial charge in [0.15, 0.2) is 0 Å². The number of halogens is 1. The molecule has 0 radical (unpaired) electrons. The Morgan fingerprint density at radius 1 is 1.30 bits per heavy atom. The predicted octanol–water partition coefficient (Wildman–Crippen LogP) is 2.65. The lowest BCUT2D eigenvalue weighted by molar-refractivity contribution is 0.196. The van der Waals surface area contributed by atoms with E-state index in [1.807, 2.05) is 30.9 Å². The molecule has 0 aliphatic rings. The van der Waals surface area contributed by atoms with Crippen molar-refractivity contribution in [3.05, 3.63) is 35.2 Å². The first-order valence-corrected chi connectivity index (χ1v) is 9.72. The third kappa shape index (κ3) is 5.30. The molecule has 0 fully saturated rings. The van der Waals surface area contributed by atoms with Crippen LogP contribution in [0.25, 0.3) is 11.4 Å². The number of nitrogens with zero attached hydrogens (tertiary/aromatic N) is 3. The first kappa shape index (κ1) is 17.9. The molecule has 126 valence electrons. The standard InChI is InChI=1S/C15H20ClN3O3S/c1-4-19(11(2)10-23(3,20)21)9-14-17-15(18-22-14)12-5-7-13(16)8-6-12/h5-8,11H,4,9-10H2,1-3H3. The van der Waals surface area contributed by atoms with E-state index in [4.69, 9.17) is 16.1 Å². The predicted molar refractivity (Wildman–Crippen MR) is 90.0 cm³/mol. The Kier molecular flexibility index (Phi) is 5.78. The smallest absolute Gasteiger partial charge is 0.241 e. The van der Waals surface area contributed by atoms with E-state index in [-0.39, 0.29) is 11.8 Å². The van der Waals surface area contributed by atoms with E-state index >= 15 is 0 Å². The summed E-state index contributed by atoms with van der Waals surface area (Å²) >= 11 is 5.86.